The van der Waals surface area contributed by atoms with Crippen LogP contribution in [-0.4, -0.2) is 18.0 Å². The Morgan fingerprint density at radius 1 is 1.64 bits per heavy atom. The number of hydrogen-bond acceptors (Lipinski definition) is 1. The fraction of sp³-hybridized carbons (Fsp3) is 0.833. The van der Waals surface area contributed by atoms with Crippen molar-refractivity contribution in [1.29, 1.82) is 0 Å². The monoisotopic (exact) mass is 164 g/mol. The SMILES string of the molecule is NC(=O)NC1CCCC1(F)F. The Bertz CT molecular complexity index is 172. The summed E-state index contributed by atoms with van der Waals surface area (Å²) in [6.45, 7) is 0. The highest BCUT2D eigenvalue weighted by Gasteiger charge is 2.44. The van der Waals surface area contributed by atoms with E-state index < -0.39 is 18.0 Å². The molecule has 1 aliphatic rings. The summed E-state index contributed by atoms with van der Waals surface area (Å²) in [5.41, 5.74) is 4.71. The summed E-state index contributed by atoms with van der Waals surface area (Å²) in [6, 6.07) is -1.93. The van der Waals surface area contributed by atoms with Crippen molar-refractivity contribution < 1.29 is 13.6 Å². The fourth-order valence-electron chi connectivity index (χ4n) is 1.28. The average molecular weight is 164 g/mol. The lowest BCUT2D eigenvalue weighted by molar-refractivity contribution is -0.0141. The van der Waals surface area contributed by atoms with E-state index in [0.29, 0.717) is 12.8 Å². The zero-order valence-corrected chi connectivity index (χ0v) is 5.94. The lowest BCUT2D eigenvalue weighted by atomic mass is 10.2. The van der Waals surface area contributed by atoms with Gasteiger partial charge in [-0.05, 0) is 12.8 Å². The Morgan fingerprint density at radius 3 is 2.64 bits per heavy atom. The maximum absolute atomic E-state index is 12.7. The molecule has 1 fully saturated rings. The summed E-state index contributed by atoms with van der Waals surface area (Å²) >= 11 is 0. The molecule has 0 spiro atoms. The van der Waals surface area contributed by atoms with Gasteiger partial charge < -0.3 is 11.1 Å². The summed E-state index contributed by atoms with van der Waals surface area (Å²) in [5, 5.41) is 2.02. The van der Waals surface area contributed by atoms with E-state index in [2.05, 4.69) is 0 Å². The summed E-state index contributed by atoms with van der Waals surface area (Å²) < 4.78 is 25.4. The first-order valence-electron chi connectivity index (χ1n) is 3.46. The molecule has 5 heteroatoms. The van der Waals surface area contributed by atoms with Crippen molar-refractivity contribution in [2.75, 3.05) is 0 Å². The van der Waals surface area contributed by atoms with Gasteiger partial charge in [0.15, 0.2) is 0 Å². The molecule has 1 unspecified atom stereocenters. The molecule has 0 aromatic carbocycles. The molecule has 1 rings (SSSR count). The standard InChI is InChI=1S/C6H10F2N2O/c7-6(8)3-1-2-4(6)10-5(9)11/h4H,1-3H2,(H3,9,10,11). The molecule has 0 heterocycles. The van der Waals surface area contributed by atoms with E-state index in [1.54, 1.807) is 0 Å². The predicted octanol–water partition coefficient (Wildman–Crippen LogP) is 0.842. The van der Waals surface area contributed by atoms with Gasteiger partial charge in [0.2, 0.25) is 0 Å². The number of nitrogens with two attached hydrogens (primary N) is 1. The maximum Gasteiger partial charge on any atom is 0.312 e. The number of rotatable bonds is 1. The van der Waals surface area contributed by atoms with Crippen LogP contribution in [0, 0.1) is 0 Å². The van der Waals surface area contributed by atoms with Gasteiger partial charge in [0, 0.05) is 6.42 Å². The van der Waals surface area contributed by atoms with E-state index in [4.69, 9.17) is 5.73 Å². The molecular weight excluding hydrogens is 154 g/mol. The van der Waals surface area contributed by atoms with E-state index in [0.717, 1.165) is 0 Å². The molecule has 0 aromatic rings. The van der Waals surface area contributed by atoms with Crippen LogP contribution < -0.4 is 11.1 Å². The Kier molecular flexibility index (Phi) is 1.97. The molecule has 11 heavy (non-hydrogen) atoms. The zero-order chi connectivity index (χ0) is 8.48. The van der Waals surface area contributed by atoms with Crippen molar-refractivity contribution in [3.05, 3.63) is 0 Å². The quantitative estimate of drug-likeness (QED) is 0.592. The van der Waals surface area contributed by atoms with Gasteiger partial charge in [-0.3, -0.25) is 0 Å². The number of nitrogens with one attached hydrogen (secondary N) is 1. The number of carbonyl (C=O) groups is 1. The molecule has 64 valence electrons. The van der Waals surface area contributed by atoms with Gasteiger partial charge in [0.25, 0.3) is 5.92 Å². The smallest absolute Gasteiger partial charge is 0.312 e. The van der Waals surface area contributed by atoms with E-state index in [9.17, 15) is 13.6 Å². The van der Waals surface area contributed by atoms with Crippen LogP contribution >= 0.6 is 0 Å². The second-order valence-electron chi connectivity index (χ2n) is 2.71. The van der Waals surface area contributed by atoms with Gasteiger partial charge in [0.05, 0.1) is 6.04 Å². The number of urea groups is 1. The molecule has 0 bridgehead atoms. The first kappa shape index (κ1) is 8.23. The third kappa shape index (κ3) is 1.78. The van der Waals surface area contributed by atoms with Crippen LogP contribution in [0.2, 0.25) is 0 Å². The van der Waals surface area contributed by atoms with Crippen LogP contribution in [0.5, 0.6) is 0 Å². The van der Waals surface area contributed by atoms with E-state index in [-0.39, 0.29) is 6.42 Å². The summed E-state index contributed by atoms with van der Waals surface area (Å²) in [7, 11) is 0. The van der Waals surface area contributed by atoms with Crippen molar-refractivity contribution in [1.82, 2.24) is 5.32 Å². The first-order valence-corrected chi connectivity index (χ1v) is 3.46. The number of carbonyl (C=O) groups excluding carboxylic acids is 1. The van der Waals surface area contributed by atoms with Crippen LogP contribution in [0.4, 0.5) is 13.6 Å². The number of hydrogen-bond donors (Lipinski definition) is 2. The number of amides is 2. The predicted molar refractivity (Wildman–Crippen MR) is 35.3 cm³/mol. The summed E-state index contributed by atoms with van der Waals surface area (Å²) in [5.74, 6) is -2.77. The third-order valence-electron chi connectivity index (χ3n) is 1.83. The molecule has 2 amide bonds. The van der Waals surface area contributed by atoms with Crippen molar-refractivity contribution >= 4 is 6.03 Å². The molecule has 0 aliphatic heterocycles. The minimum Gasteiger partial charge on any atom is -0.352 e. The van der Waals surface area contributed by atoms with Gasteiger partial charge in [-0.1, -0.05) is 0 Å². The van der Waals surface area contributed by atoms with Crippen LogP contribution in [-0.2, 0) is 0 Å². The van der Waals surface area contributed by atoms with Crippen LogP contribution in [0.15, 0.2) is 0 Å². The van der Waals surface area contributed by atoms with Gasteiger partial charge in [0.1, 0.15) is 0 Å². The average Bonchev–Trinajstić information content (AvgIpc) is 2.10. The molecule has 1 saturated carbocycles. The second kappa shape index (κ2) is 2.64. The normalized spacial score (nSPS) is 28.4. The highest BCUT2D eigenvalue weighted by molar-refractivity contribution is 5.72. The molecule has 0 aromatic heterocycles. The Morgan fingerprint density at radius 2 is 2.27 bits per heavy atom. The largest absolute Gasteiger partial charge is 0.352 e. The molecule has 3 nitrogen and oxygen atoms in total. The minimum atomic E-state index is -2.77. The Labute approximate surface area is 62.9 Å². The van der Waals surface area contributed by atoms with Gasteiger partial charge in [-0.25, -0.2) is 13.6 Å². The molecule has 1 atom stereocenters. The molecule has 1 aliphatic carbocycles. The third-order valence-corrected chi connectivity index (χ3v) is 1.83. The van der Waals surface area contributed by atoms with Crippen LogP contribution in [0.1, 0.15) is 19.3 Å². The number of alkyl halides is 2. The van der Waals surface area contributed by atoms with E-state index in [1.165, 1.54) is 0 Å². The van der Waals surface area contributed by atoms with Crippen molar-refractivity contribution in [3.63, 3.8) is 0 Å². The highest BCUT2D eigenvalue weighted by atomic mass is 19.3. The molecule has 0 saturated heterocycles. The van der Waals surface area contributed by atoms with Crippen LogP contribution in [0.3, 0.4) is 0 Å². The van der Waals surface area contributed by atoms with E-state index >= 15 is 0 Å². The lowest BCUT2D eigenvalue weighted by Crippen LogP contribution is -2.46. The summed E-state index contributed by atoms with van der Waals surface area (Å²) in [6.07, 6.45) is 0.603. The Hall–Kier alpha value is -0.870. The molecule has 0 radical (unpaired) electrons. The van der Waals surface area contributed by atoms with Gasteiger partial charge in [-0.15, -0.1) is 0 Å². The Balaban J connectivity index is 2.51. The molecular formula is C6H10F2N2O. The topological polar surface area (TPSA) is 55.1 Å². The maximum atomic E-state index is 12.7. The zero-order valence-electron chi connectivity index (χ0n) is 5.94. The van der Waals surface area contributed by atoms with Gasteiger partial charge in [-0.2, -0.15) is 0 Å². The van der Waals surface area contributed by atoms with Crippen LogP contribution in [0.25, 0.3) is 0 Å². The molecule has 3 N–H and O–H groups in total. The first-order chi connectivity index (χ1) is 5.02. The summed E-state index contributed by atoms with van der Waals surface area (Å²) in [4.78, 5) is 10.2. The number of primary amides is 1. The van der Waals surface area contributed by atoms with Crippen molar-refractivity contribution in [3.8, 4) is 0 Å². The lowest BCUT2D eigenvalue weighted by Gasteiger charge is -2.18. The van der Waals surface area contributed by atoms with Crippen molar-refractivity contribution in [2.45, 2.75) is 31.2 Å². The van der Waals surface area contributed by atoms with Gasteiger partial charge >= 0.3 is 6.03 Å². The van der Waals surface area contributed by atoms with E-state index in [1.807, 2.05) is 5.32 Å². The minimum absolute atomic E-state index is 0.155. The number of halogens is 2. The van der Waals surface area contributed by atoms with Crippen molar-refractivity contribution in [2.24, 2.45) is 5.73 Å². The second-order valence-corrected chi connectivity index (χ2v) is 2.71. The highest BCUT2D eigenvalue weighted by Crippen LogP contribution is 2.34. The fourth-order valence-corrected chi connectivity index (χ4v) is 1.28.